The molecule has 4 aromatic rings. The predicted molar refractivity (Wildman–Crippen MR) is 111 cm³/mol. The number of rotatable bonds is 5. The van der Waals surface area contributed by atoms with Crippen molar-refractivity contribution in [2.45, 2.75) is 25.2 Å². The number of aromatic nitrogens is 5. The van der Waals surface area contributed by atoms with Gasteiger partial charge in [-0.05, 0) is 31.0 Å². The largest absolute Gasteiger partial charge is 0.573 e. The predicted octanol–water partition coefficient (Wildman–Crippen LogP) is 4.47. The maximum absolute atomic E-state index is 14.1. The first-order chi connectivity index (χ1) is 17.2. The van der Waals surface area contributed by atoms with Crippen LogP contribution in [0.2, 0.25) is 0 Å². The zero-order valence-corrected chi connectivity index (χ0v) is 18.1. The van der Waals surface area contributed by atoms with Crippen molar-refractivity contribution in [3.8, 4) is 22.8 Å². The standard InChI is InChI=1S/C22H15F5N6O3/c23-14-10-13(17(11-15(14)24)33-28-7-8-29-33)21(34)32-9-3-5-16(32)20-30-19(31-36-20)12-4-1-2-6-18(12)35-22(25,26)27/h1-2,4,6-8,10-11,16H,3,5,9H2/t16-/m0/s1. The first-order valence-electron chi connectivity index (χ1n) is 10.6. The van der Waals surface area contributed by atoms with Gasteiger partial charge in [-0.3, -0.25) is 4.79 Å². The highest BCUT2D eigenvalue weighted by atomic mass is 19.4. The minimum absolute atomic E-state index is 0.0287. The van der Waals surface area contributed by atoms with Gasteiger partial charge in [-0.25, -0.2) is 8.78 Å². The van der Waals surface area contributed by atoms with E-state index in [9.17, 15) is 26.7 Å². The van der Waals surface area contributed by atoms with Crippen LogP contribution in [0.5, 0.6) is 5.75 Å². The summed E-state index contributed by atoms with van der Waals surface area (Å²) in [6, 6.07) is 6.10. The summed E-state index contributed by atoms with van der Waals surface area (Å²) in [5.74, 6) is -3.79. The molecule has 36 heavy (non-hydrogen) atoms. The normalized spacial score (nSPS) is 15.9. The van der Waals surface area contributed by atoms with E-state index in [1.165, 1.54) is 35.5 Å². The third kappa shape index (κ3) is 4.48. The van der Waals surface area contributed by atoms with Gasteiger partial charge in [-0.1, -0.05) is 17.3 Å². The van der Waals surface area contributed by atoms with E-state index in [1.807, 2.05) is 0 Å². The maximum Gasteiger partial charge on any atom is 0.573 e. The molecule has 0 spiro atoms. The molecule has 0 N–H and O–H groups in total. The van der Waals surface area contributed by atoms with Gasteiger partial charge in [0.05, 0.1) is 23.5 Å². The summed E-state index contributed by atoms with van der Waals surface area (Å²) in [4.78, 5) is 20.0. The van der Waals surface area contributed by atoms with Gasteiger partial charge in [0.1, 0.15) is 17.5 Å². The highest BCUT2D eigenvalue weighted by Crippen LogP contribution is 2.36. The van der Waals surface area contributed by atoms with Gasteiger partial charge in [0.2, 0.25) is 11.7 Å². The molecule has 1 amide bonds. The van der Waals surface area contributed by atoms with E-state index in [0.29, 0.717) is 12.8 Å². The van der Waals surface area contributed by atoms with Gasteiger partial charge in [-0.2, -0.15) is 20.0 Å². The Labute approximate surface area is 199 Å². The molecule has 1 aliphatic heterocycles. The number of carbonyl (C=O) groups is 1. The number of benzene rings is 2. The lowest BCUT2D eigenvalue weighted by atomic mass is 10.1. The molecule has 0 unspecified atom stereocenters. The van der Waals surface area contributed by atoms with E-state index >= 15 is 0 Å². The average molecular weight is 506 g/mol. The number of alkyl halides is 3. The first kappa shape index (κ1) is 23.4. The summed E-state index contributed by atoms with van der Waals surface area (Å²) < 4.78 is 75.7. The number of halogens is 5. The minimum atomic E-state index is -4.93. The van der Waals surface area contributed by atoms with Crippen LogP contribution in [0.15, 0.2) is 53.3 Å². The van der Waals surface area contributed by atoms with Crippen molar-refractivity contribution >= 4 is 5.91 Å². The summed E-state index contributed by atoms with van der Waals surface area (Å²) in [5, 5.41) is 11.5. The highest BCUT2D eigenvalue weighted by molar-refractivity contribution is 5.98. The third-order valence-electron chi connectivity index (χ3n) is 5.50. The Hall–Kier alpha value is -4.36. The zero-order valence-electron chi connectivity index (χ0n) is 18.1. The van der Waals surface area contributed by atoms with Crippen molar-refractivity contribution in [1.29, 1.82) is 0 Å². The number of likely N-dealkylation sites (tertiary alicyclic amines) is 1. The summed E-state index contributed by atoms with van der Waals surface area (Å²) in [6.07, 6.45) is -1.38. The molecule has 3 heterocycles. The van der Waals surface area contributed by atoms with E-state index in [-0.39, 0.29) is 35.1 Å². The third-order valence-corrected chi connectivity index (χ3v) is 5.50. The monoisotopic (exact) mass is 506 g/mol. The Kier molecular flexibility index (Phi) is 5.86. The second-order valence-corrected chi connectivity index (χ2v) is 7.76. The molecule has 9 nitrogen and oxygen atoms in total. The van der Waals surface area contributed by atoms with Crippen LogP contribution >= 0.6 is 0 Å². The number of ether oxygens (including phenoxy) is 1. The van der Waals surface area contributed by atoms with Crippen molar-refractivity contribution in [1.82, 2.24) is 30.0 Å². The molecule has 1 fully saturated rings. The second kappa shape index (κ2) is 9.02. The van der Waals surface area contributed by atoms with Gasteiger partial charge in [0, 0.05) is 12.6 Å². The van der Waals surface area contributed by atoms with Crippen molar-refractivity contribution in [3.63, 3.8) is 0 Å². The maximum atomic E-state index is 14.1. The lowest BCUT2D eigenvalue weighted by Gasteiger charge is -2.23. The van der Waals surface area contributed by atoms with E-state index in [1.54, 1.807) is 0 Å². The minimum Gasteiger partial charge on any atom is -0.405 e. The number of hydrogen-bond acceptors (Lipinski definition) is 7. The Morgan fingerprint density at radius 2 is 1.81 bits per heavy atom. The van der Waals surface area contributed by atoms with Gasteiger partial charge >= 0.3 is 6.36 Å². The second-order valence-electron chi connectivity index (χ2n) is 7.76. The van der Waals surface area contributed by atoms with Crippen LogP contribution in [-0.2, 0) is 0 Å². The molecule has 1 atom stereocenters. The number of para-hydroxylation sites is 1. The summed E-state index contributed by atoms with van der Waals surface area (Å²) in [5.41, 5.74) is -0.326. The molecule has 2 aromatic carbocycles. The van der Waals surface area contributed by atoms with Crippen LogP contribution in [-0.4, -0.2) is 48.8 Å². The molecule has 0 bridgehead atoms. The van der Waals surface area contributed by atoms with Crippen LogP contribution in [0.4, 0.5) is 22.0 Å². The van der Waals surface area contributed by atoms with Crippen LogP contribution in [0, 0.1) is 11.6 Å². The van der Waals surface area contributed by atoms with Gasteiger partial charge in [-0.15, -0.1) is 13.2 Å². The van der Waals surface area contributed by atoms with Crippen molar-refractivity contribution in [2.24, 2.45) is 0 Å². The quantitative estimate of drug-likeness (QED) is 0.368. The summed E-state index contributed by atoms with van der Waals surface area (Å²) >= 11 is 0. The molecule has 0 aliphatic carbocycles. The SMILES string of the molecule is O=C(c1cc(F)c(F)cc1-n1nccn1)N1CCC[C@H]1c1nc(-c2ccccc2OC(F)(F)F)no1. The molecule has 14 heteroatoms. The van der Waals surface area contributed by atoms with Gasteiger partial charge < -0.3 is 14.2 Å². The Balaban J connectivity index is 1.47. The molecule has 0 saturated carbocycles. The van der Waals surface area contributed by atoms with E-state index in [0.717, 1.165) is 23.0 Å². The van der Waals surface area contributed by atoms with Crippen LogP contribution in [0.25, 0.3) is 17.1 Å². The number of carbonyl (C=O) groups excluding carboxylic acids is 1. The topological polar surface area (TPSA) is 99.2 Å². The van der Waals surface area contributed by atoms with E-state index < -0.39 is 35.7 Å². The smallest absolute Gasteiger partial charge is 0.405 e. The fourth-order valence-corrected chi connectivity index (χ4v) is 3.98. The number of amides is 1. The van der Waals surface area contributed by atoms with Crippen LogP contribution in [0.3, 0.4) is 0 Å². The fraction of sp³-hybridized carbons (Fsp3) is 0.227. The molecule has 5 rings (SSSR count). The van der Waals surface area contributed by atoms with Crippen LogP contribution < -0.4 is 4.74 Å². The zero-order chi connectivity index (χ0) is 25.4. The van der Waals surface area contributed by atoms with Gasteiger partial charge in [0.25, 0.3) is 5.91 Å². The molecule has 0 radical (unpaired) electrons. The molecule has 1 aliphatic rings. The summed E-state index contributed by atoms with van der Waals surface area (Å²) in [7, 11) is 0. The van der Waals surface area contributed by atoms with Crippen molar-refractivity contribution < 1.29 is 36.0 Å². The Morgan fingerprint density at radius 1 is 1.08 bits per heavy atom. The lowest BCUT2D eigenvalue weighted by molar-refractivity contribution is -0.274. The van der Waals surface area contributed by atoms with E-state index in [4.69, 9.17) is 4.52 Å². The molecule has 186 valence electrons. The lowest BCUT2D eigenvalue weighted by Crippen LogP contribution is -2.32. The van der Waals surface area contributed by atoms with Crippen LogP contribution in [0.1, 0.15) is 35.1 Å². The molecule has 2 aromatic heterocycles. The van der Waals surface area contributed by atoms with Crippen molar-refractivity contribution in [3.05, 3.63) is 71.9 Å². The average Bonchev–Trinajstić information content (AvgIpc) is 3.60. The fourth-order valence-electron chi connectivity index (χ4n) is 3.98. The summed E-state index contributed by atoms with van der Waals surface area (Å²) in [6.45, 7) is 0.236. The Bertz CT molecular complexity index is 1410. The number of nitrogens with zero attached hydrogens (tertiary/aromatic N) is 6. The van der Waals surface area contributed by atoms with E-state index in [2.05, 4.69) is 25.1 Å². The van der Waals surface area contributed by atoms with Gasteiger partial charge in [0.15, 0.2) is 11.6 Å². The Morgan fingerprint density at radius 3 is 2.56 bits per heavy atom. The molecular formula is C22H15F5N6O3. The van der Waals surface area contributed by atoms with Crippen molar-refractivity contribution in [2.75, 3.05) is 6.54 Å². The molecule has 1 saturated heterocycles. The first-order valence-corrected chi connectivity index (χ1v) is 10.6. The number of hydrogen-bond donors (Lipinski definition) is 0. The highest BCUT2D eigenvalue weighted by Gasteiger charge is 2.37. The molecular weight excluding hydrogens is 491 g/mol.